The summed E-state index contributed by atoms with van der Waals surface area (Å²) in [5.74, 6) is 0.362. The topological polar surface area (TPSA) is 65.5 Å². The Morgan fingerprint density at radius 3 is 2.70 bits per heavy atom. The average molecular weight is 315 g/mol. The molecule has 0 aliphatic rings. The first-order valence-electron chi connectivity index (χ1n) is 7.12. The van der Waals surface area contributed by atoms with Crippen molar-refractivity contribution >= 4 is 5.97 Å². The number of carbonyl (C=O) groups is 1. The Morgan fingerprint density at radius 2 is 2.04 bits per heavy atom. The molecule has 23 heavy (non-hydrogen) atoms. The first-order valence-corrected chi connectivity index (χ1v) is 7.12. The molecule has 3 aromatic rings. The van der Waals surface area contributed by atoms with E-state index in [1.165, 1.54) is 18.4 Å². The van der Waals surface area contributed by atoms with Gasteiger partial charge in [0.15, 0.2) is 11.5 Å². The van der Waals surface area contributed by atoms with E-state index < -0.39 is 5.97 Å². The highest BCUT2D eigenvalue weighted by Crippen LogP contribution is 2.30. The van der Waals surface area contributed by atoms with E-state index in [4.69, 9.17) is 13.6 Å². The van der Waals surface area contributed by atoms with Crippen molar-refractivity contribution < 1.29 is 22.8 Å². The molecule has 0 spiro atoms. The number of aromatic nitrogens is 1. The Kier molecular flexibility index (Phi) is 4.23. The quantitative estimate of drug-likeness (QED) is 0.669. The minimum Gasteiger partial charge on any atom is -0.466 e. The summed E-state index contributed by atoms with van der Waals surface area (Å²) in [6.45, 7) is 2.02. The third-order valence-corrected chi connectivity index (χ3v) is 3.15. The molecule has 5 nitrogen and oxygen atoms in total. The molecule has 0 amide bonds. The summed E-state index contributed by atoms with van der Waals surface area (Å²) >= 11 is 0. The van der Waals surface area contributed by atoms with Crippen molar-refractivity contribution in [1.82, 2.24) is 4.98 Å². The number of esters is 1. The van der Waals surface area contributed by atoms with Crippen molar-refractivity contribution in [3.05, 3.63) is 54.2 Å². The van der Waals surface area contributed by atoms with Crippen LogP contribution in [0.25, 0.3) is 23.0 Å². The van der Waals surface area contributed by atoms with Crippen molar-refractivity contribution in [3.8, 4) is 23.0 Å². The van der Waals surface area contributed by atoms with E-state index >= 15 is 0 Å². The van der Waals surface area contributed by atoms with Crippen LogP contribution in [0.5, 0.6) is 0 Å². The van der Waals surface area contributed by atoms with Gasteiger partial charge in [0, 0.05) is 5.56 Å². The van der Waals surface area contributed by atoms with Crippen molar-refractivity contribution in [1.29, 1.82) is 0 Å². The summed E-state index contributed by atoms with van der Waals surface area (Å²) in [6.07, 6.45) is 1.47. The Hall–Kier alpha value is -2.89. The zero-order valence-corrected chi connectivity index (χ0v) is 12.4. The van der Waals surface area contributed by atoms with Crippen LogP contribution in [0.4, 0.5) is 4.39 Å². The molecule has 2 heterocycles. The SMILES string of the molecule is CCOC(=O)Cc1nc(-c2ccc(F)cc2)oc1-c1ccco1. The number of nitrogens with zero attached hydrogens (tertiary/aromatic N) is 1. The Bertz CT molecular complexity index is 791. The fourth-order valence-corrected chi connectivity index (χ4v) is 2.14. The molecule has 0 N–H and O–H groups in total. The number of halogens is 1. The van der Waals surface area contributed by atoms with Crippen LogP contribution in [-0.2, 0) is 16.0 Å². The van der Waals surface area contributed by atoms with Crippen LogP contribution in [0.15, 0.2) is 51.5 Å². The summed E-state index contributed by atoms with van der Waals surface area (Å²) in [4.78, 5) is 16.1. The first-order chi connectivity index (χ1) is 11.2. The molecule has 0 radical (unpaired) electrons. The zero-order chi connectivity index (χ0) is 16.2. The molecule has 0 bridgehead atoms. The molecule has 0 saturated carbocycles. The number of benzene rings is 1. The van der Waals surface area contributed by atoms with Crippen LogP contribution < -0.4 is 0 Å². The predicted molar refractivity (Wildman–Crippen MR) is 79.9 cm³/mol. The van der Waals surface area contributed by atoms with Crippen molar-refractivity contribution in [2.75, 3.05) is 6.61 Å². The van der Waals surface area contributed by atoms with E-state index in [2.05, 4.69) is 4.98 Å². The molecule has 0 atom stereocenters. The number of oxazole rings is 1. The lowest BCUT2D eigenvalue weighted by Crippen LogP contribution is -2.08. The van der Waals surface area contributed by atoms with Crippen LogP contribution in [0.1, 0.15) is 12.6 Å². The summed E-state index contributed by atoms with van der Waals surface area (Å²) in [5, 5.41) is 0. The Balaban J connectivity index is 1.99. The smallest absolute Gasteiger partial charge is 0.312 e. The van der Waals surface area contributed by atoms with Gasteiger partial charge in [0.1, 0.15) is 11.5 Å². The molecule has 3 rings (SSSR count). The molecular weight excluding hydrogens is 301 g/mol. The molecule has 118 valence electrons. The average Bonchev–Trinajstić information content (AvgIpc) is 3.17. The second kappa shape index (κ2) is 6.48. The van der Waals surface area contributed by atoms with Crippen molar-refractivity contribution in [2.45, 2.75) is 13.3 Å². The van der Waals surface area contributed by atoms with Crippen molar-refractivity contribution in [2.24, 2.45) is 0 Å². The lowest BCUT2D eigenvalue weighted by molar-refractivity contribution is -0.142. The van der Waals surface area contributed by atoms with Gasteiger partial charge >= 0.3 is 5.97 Å². The molecule has 2 aromatic heterocycles. The molecule has 0 aliphatic carbocycles. The number of rotatable bonds is 5. The van der Waals surface area contributed by atoms with Crippen LogP contribution in [0.3, 0.4) is 0 Å². The molecule has 0 saturated heterocycles. The summed E-state index contributed by atoms with van der Waals surface area (Å²) in [5.41, 5.74) is 1.02. The van der Waals surface area contributed by atoms with Gasteiger partial charge in [-0.2, -0.15) is 0 Å². The predicted octanol–water partition coefficient (Wildman–Crippen LogP) is 3.85. The van der Waals surface area contributed by atoms with Crippen LogP contribution in [0.2, 0.25) is 0 Å². The standard InChI is InChI=1S/C17H14FNO4/c1-2-21-15(20)10-13-16(14-4-3-9-22-14)23-17(19-13)11-5-7-12(18)8-6-11/h3-9H,2,10H2,1H3. The van der Waals surface area contributed by atoms with Gasteiger partial charge in [-0.3, -0.25) is 4.79 Å². The largest absolute Gasteiger partial charge is 0.466 e. The highest BCUT2D eigenvalue weighted by atomic mass is 19.1. The third kappa shape index (κ3) is 3.31. The van der Waals surface area contributed by atoms with Gasteiger partial charge in [0.2, 0.25) is 5.89 Å². The molecule has 0 fully saturated rings. The maximum atomic E-state index is 13.0. The summed E-state index contributed by atoms with van der Waals surface area (Å²) in [6, 6.07) is 9.17. The third-order valence-electron chi connectivity index (χ3n) is 3.15. The molecular formula is C17H14FNO4. The first kappa shape index (κ1) is 15.0. The normalized spacial score (nSPS) is 10.7. The van der Waals surface area contributed by atoms with Gasteiger partial charge in [-0.1, -0.05) is 0 Å². The fourth-order valence-electron chi connectivity index (χ4n) is 2.14. The lowest BCUT2D eigenvalue weighted by atomic mass is 10.2. The number of ether oxygens (including phenoxy) is 1. The monoisotopic (exact) mass is 315 g/mol. The minimum atomic E-state index is -0.403. The van der Waals surface area contributed by atoms with Gasteiger partial charge in [-0.05, 0) is 43.3 Å². The number of carbonyl (C=O) groups excluding carboxylic acids is 1. The maximum Gasteiger partial charge on any atom is 0.312 e. The second-order valence-corrected chi connectivity index (χ2v) is 4.76. The molecule has 0 unspecified atom stereocenters. The van der Waals surface area contributed by atoms with Gasteiger partial charge in [0.25, 0.3) is 0 Å². The Labute approximate surface area is 131 Å². The van der Waals surface area contributed by atoms with E-state index in [1.807, 2.05) is 0 Å². The highest BCUT2D eigenvalue weighted by molar-refractivity contribution is 5.75. The maximum absolute atomic E-state index is 13.0. The van der Waals surface area contributed by atoms with Gasteiger partial charge in [-0.15, -0.1) is 0 Å². The van der Waals surface area contributed by atoms with E-state index in [1.54, 1.807) is 31.2 Å². The van der Waals surface area contributed by atoms with E-state index in [9.17, 15) is 9.18 Å². The number of hydrogen-bond donors (Lipinski definition) is 0. The van der Waals surface area contributed by atoms with Crippen LogP contribution in [0, 0.1) is 5.82 Å². The number of furan rings is 1. The van der Waals surface area contributed by atoms with E-state index in [0.717, 1.165) is 0 Å². The second-order valence-electron chi connectivity index (χ2n) is 4.76. The zero-order valence-electron chi connectivity index (χ0n) is 12.4. The molecule has 0 aliphatic heterocycles. The molecule has 6 heteroatoms. The number of hydrogen-bond acceptors (Lipinski definition) is 5. The fraction of sp³-hybridized carbons (Fsp3) is 0.176. The minimum absolute atomic E-state index is 0.0332. The summed E-state index contributed by atoms with van der Waals surface area (Å²) < 4.78 is 29.0. The van der Waals surface area contributed by atoms with Gasteiger partial charge < -0.3 is 13.6 Å². The van der Waals surface area contributed by atoms with Crippen LogP contribution in [-0.4, -0.2) is 17.6 Å². The van der Waals surface area contributed by atoms with Gasteiger partial charge in [0.05, 0.1) is 19.3 Å². The molecule has 1 aromatic carbocycles. The van der Waals surface area contributed by atoms with Crippen LogP contribution >= 0.6 is 0 Å². The Morgan fingerprint density at radius 1 is 1.26 bits per heavy atom. The summed E-state index contributed by atoms with van der Waals surface area (Å²) in [7, 11) is 0. The van der Waals surface area contributed by atoms with Crippen molar-refractivity contribution in [3.63, 3.8) is 0 Å². The van der Waals surface area contributed by atoms with E-state index in [-0.39, 0.29) is 24.7 Å². The lowest BCUT2D eigenvalue weighted by Gasteiger charge is -1.99. The van der Waals surface area contributed by atoms with E-state index in [0.29, 0.717) is 22.8 Å². The highest BCUT2D eigenvalue weighted by Gasteiger charge is 2.21. The van der Waals surface area contributed by atoms with Gasteiger partial charge in [-0.25, -0.2) is 9.37 Å².